The molecule has 2 aromatic carbocycles. The number of benzene rings is 2. The highest BCUT2D eigenvalue weighted by Crippen LogP contribution is 2.24. The fourth-order valence-electron chi connectivity index (χ4n) is 2.78. The van der Waals surface area contributed by atoms with Crippen molar-refractivity contribution in [3.63, 3.8) is 0 Å². The molecule has 1 heterocycles. The quantitative estimate of drug-likeness (QED) is 0.754. The van der Waals surface area contributed by atoms with Gasteiger partial charge in [-0.25, -0.2) is 0 Å². The van der Waals surface area contributed by atoms with Crippen LogP contribution in [0.5, 0.6) is 11.5 Å². The lowest BCUT2D eigenvalue weighted by Crippen LogP contribution is -2.14. The molecule has 0 spiro atoms. The van der Waals surface area contributed by atoms with Gasteiger partial charge in [0, 0.05) is 28.3 Å². The van der Waals surface area contributed by atoms with Crippen molar-refractivity contribution >= 4 is 22.5 Å². The summed E-state index contributed by atoms with van der Waals surface area (Å²) in [5.74, 6) is 0.764. The Labute approximate surface area is 150 Å². The van der Waals surface area contributed by atoms with Crippen LogP contribution < -0.4 is 20.3 Å². The number of methoxy groups -OCH3 is 2. The monoisotopic (exact) mass is 352 g/mol. The molecule has 0 fully saturated rings. The number of aryl methyl sites for hydroxylation is 1. The predicted molar refractivity (Wildman–Crippen MR) is 102 cm³/mol. The van der Waals surface area contributed by atoms with Crippen molar-refractivity contribution in [2.24, 2.45) is 0 Å². The molecule has 0 aliphatic carbocycles. The molecule has 3 rings (SSSR count). The number of amides is 1. The maximum absolute atomic E-state index is 12.6. The van der Waals surface area contributed by atoms with Gasteiger partial charge in [-0.05, 0) is 43.7 Å². The Morgan fingerprint density at radius 2 is 1.62 bits per heavy atom. The van der Waals surface area contributed by atoms with Gasteiger partial charge in [-0.2, -0.15) is 0 Å². The number of nitrogens with one attached hydrogen (secondary N) is 2. The van der Waals surface area contributed by atoms with Crippen molar-refractivity contribution in [3.05, 3.63) is 63.4 Å². The number of aromatic amines is 1. The van der Waals surface area contributed by atoms with E-state index in [2.05, 4.69) is 10.3 Å². The zero-order valence-corrected chi connectivity index (χ0v) is 15.1. The van der Waals surface area contributed by atoms with E-state index in [0.717, 1.165) is 10.9 Å². The number of anilines is 1. The van der Waals surface area contributed by atoms with Gasteiger partial charge < -0.3 is 19.8 Å². The Morgan fingerprint density at radius 1 is 0.962 bits per heavy atom. The van der Waals surface area contributed by atoms with Gasteiger partial charge in [0.2, 0.25) is 0 Å². The number of aromatic nitrogens is 1. The lowest BCUT2D eigenvalue weighted by atomic mass is 10.1. The summed E-state index contributed by atoms with van der Waals surface area (Å²) < 4.78 is 10.4. The van der Waals surface area contributed by atoms with Crippen LogP contribution in [-0.4, -0.2) is 25.1 Å². The molecular formula is C20H20N2O4. The number of carbonyl (C=O) groups is 1. The minimum Gasteiger partial charge on any atom is -0.497 e. The Kier molecular flexibility index (Phi) is 4.67. The van der Waals surface area contributed by atoms with E-state index >= 15 is 0 Å². The van der Waals surface area contributed by atoms with Gasteiger partial charge in [0.15, 0.2) is 0 Å². The van der Waals surface area contributed by atoms with Gasteiger partial charge in [0.1, 0.15) is 11.5 Å². The summed E-state index contributed by atoms with van der Waals surface area (Å²) in [6, 6.07) is 10.4. The van der Waals surface area contributed by atoms with Crippen molar-refractivity contribution in [1.29, 1.82) is 0 Å². The number of pyridine rings is 1. The fourth-order valence-corrected chi connectivity index (χ4v) is 2.78. The van der Waals surface area contributed by atoms with Crippen LogP contribution in [0, 0.1) is 13.8 Å². The Hall–Kier alpha value is -3.28. The van der Waals surface area contributed by atoms with Crippen LogP contribution in [0.3, 0.4) is 0 Å². The van der Waals surface area contributed by atoms with Crippen molar-refractivity contribution in [2.45, 2.75) is 13.8 Å². The molecule has 1 amide bonds. The van der Waals surface area contributed by atoms with Gasteiger partial charge in [-0.15, -0.1) is 0 Å². The lowest BCUT2D eigenvalue weighted by molar-refractivity contribution is 0.102. The van der Waals surface area contributed by atoms with Crippen molar-refractivity contribution < 1.29 is 14.3 Å². The molecule has 0 bridgehead atoms. The molecule has 3 aromatic rings. The number of hydrogen-bond donors (Lipinski definition) is 2. The Balaban J connectivity index is 1.95. The first-order valence-corrected chi connectivity index (χ1v) is 8.10. The number of rotatable bonds is 4. The highest BCUT2D eigenvalue weighted by Gasteiger charge is 2.12. The molecule has 0 aliphatic heterocycles. The van der Waals surface area contributed by atoms with Crippen LogP contribution >= 0.6 is 0 Å². The van der Waals surface area contributed by atoms with Crippen molar-refractivity contribution in [1.82, 2.24) is 4.98 Å². The summed E-state index contributed by atoms with van der Waals surface area (Å²) >= 11 is 0. The van der Waals surface area contributed by atoms with E-state index in [0.29, 0.717) is 33.8 Å². The first-order chi connectivity index (χ1) is 12.4. The zero-order chi connectivity index (χ0) is 18.8. The molecule has 6 heteroatoms. The average molecular weight is 352 g/mol. The zero-order valence-electron chi connectivity index (χ0n) is 15.1. The second-order valence-corrected chi connectivity index (χ2v) is 6.02. The topological polar surface area (TPSA) is 80.4 Å². The Morgan fingerprint density at radius 3 is 2.23 bits per heavy atom. The molecular weight excluding hydrogens is 332 g/mol. The largest absolute Gasteiger partial charge is 0.497 e. The fraction of sp³-hybridized carbons (Fsp3) is 0.200. The molecule has 0 saturated heterocycles. The van der Waals surface area contributed by atoms with E-state index in [1.165, 1.54) is 14.2 Å². The van der Waals surface area contributed by atoms with Crippen LogP contribution in [0.25, 0.3) is 10.9 Å². The molecule has 0 saturated carbocycles. The predicted octanol–water partition coefficient (Wildman–Crippen LogP) is 3.41. The summed E-state index contributed by atoms with van der Waals surface area (Å²) in [7, 11) is 3.06. The summed E-state index contributed by atoms with van der Waals surface area (Å²) in [5.41, 5.74) is 3.17. The van der Waals surface area contributed by atoms with Crippen molar-refractivity contribution in [3.8, 4) is 11.5 Å². The van der Waals surface area contributed by atoms with Crippen LogP contribution in [-0.2, 0) is 0 Å². The van der Waals surface area contributed by atoms with Crippen LogP contribution in [0.2, 0.25) is 0 Å². The molecule has 0 aliphatic rings. The van der Waals surface area contributed by atoms with Crippen LogP contribution in [0.1, 0.15) is 21.5 Å². The van der Waals surface area contributed by atoms with E-state index in [-0.39, 0.29) is 11.5 Å². The van der Waals surface area contributed by atoms with Gasteiger partial charge in [0.25, 0.3) is 11.5 Å². The number of carbonyl (C=O) groups excluding carboxylic acids is 1. The first kappa shape index (κ1) is 17.5. The molecule has 0 unspecified atom stereocenters. The molecule has 26 heavy (non-hydrogen) atoms. The molecule has 134 valence electrons. The number of ether oxygens (including phenoxy) is 2. The van der Waals surface area contributed by atoms with Gasteiger partial charge >= 0.3 is 0 Å². The average Bonchev–Trinajstić information content (AvgIpc) is 2.65. The van der Waals surface area contributed by atoms with E-state index in [1.807, 2.05) is 19.1 Å². The summed E-state index contributed by atoms with van der Waals surface area (Å²) in [4.78, 5) is 27.4. The summed E-state index contributed by atoms with van der Waals surface area (Å²) in [6.07, 6.45) is 0. The molecule has 6 nitrogen and oxygen atoms in total. The third-order valence-electron chi connectivity index (χ3n) is 4.45. The highest BCUT2D eigenvalue weighted by atomic mass is 16.5. The standard InChI is InChI=1S/C20H20N2O4/c1-11-12(2)19(23)22-18-9-14(5-6-17(11)18)21-20(24)13-7-15(25-3)10-16(8-13)26-4/h5-10H,1-4H3,(H,21,24)(H,22,23). The van der Waals surface area contributed by atoms with E-state index in [4.69, 9.17) is 9.47 Å². The molecule has 0 atom stereocenters. The third kappa shape index (κ3) is 3.26. The van der Waals surface area contributed by atoms with Crippen LogP contribution in [0.4, 0.5) is 5.69 Å². The minimum absolute atomic E-state index is 0.129. The smallest absolute Gasteiger partial charge is 0.255 e. The van der Waals surface area contributed by atoms with Crippen LogP contribution in [0.15, 0.2) is 41.2 Å². The van der Waals surface area contributed by atoms with Crippen molar-refractivity contribution in [2.75, 3.05) is 19.5 Å². The molecule has 1 aromatic heterocycles. The number of fused-ring (bicyclic) bond motifs is 1. The SMILES string of the molecule is COc1cc(OC)cc(C(=O)Nc2ccc3c(C)c(C)c(=O)[nH]c3c2)c1. The van der Waals surface area contributed by atoms with E-state index in [1.54, 1.807) is 31.2 Å². The van der Waals surface area contributed by atoms with Gasteiger partial charge in [0.05, 0.1) is 19.7 Å². The Bertz CT molecular complexity index is 1030. The molecule has 2 N–H and O–H groups in total. The number of H-pyrrole nitrogens is 1. The minimum atomic E-state index is -0.298. The maximum Gasteiger partial charge on any atom is 0.255 e. The second-order valence-electron chi connectivity index (χ2n) is 6.02. The van der Waals surface area contributed by atoms with Gasteiger partial charge in [-0.1, -0.05) is 6.07 Å². The summed E-state index contributed by atoms with van der Waals surface area (Å²) in [5, 5.41) is 3.78. The van der Waals surface area contributed by atoms with Gasteiger partial charge in [-0.3, -0.25) is 9.59 Å². The van der Waals surface area contributed by atoms with E-state index in [9.17, 15) is 9.59 Å². The molecule has 0 radical (unpaired) electrons. The number of hydrogen-bond acceptors (Lipinski definition) is 4. The summed E-state index contributed by atoms with van der Waals surface area (Å²) in [6.45, 7) is 3.70. The first-order valence-electron chi connectivity index (χ1n) is 8.10. The highest BCUT2D eigenvalue weighted by molar-refractivity contribution is 6.05. The second kappa shape index (κ2) is 6.92. The third-order valence-corrected chi connectivity index (χ3v) is 4.45. The maximum atomic E-state index is 12.6. The normalized spacial score (nSPS) is 10.6. The van der Waals surface area contributed by atoms with E-state index < -0.39 is 0 Å². The lowest BCUT2D eigenvalue weighted by Gasteiger charge is -2.11.